The molecular weight excluding hydrogens is 490 g/mol. The molecule has 1 aliphatic heterocycles. The van der Waals surface area contributed by atoms with Gasteiger partial charge in [0.15, 0.2) is 5.69 Å². The van der Waals surface area contributed by atoms with Gasteiger partial charge >= 0.3 is 0 Å². The molecule has 35 heavy (non-hydrogen) atoms. The van der Waals surface area contributed by atoms with Crippen molar-refractivity contribution in [2.24, 2.45) is 0 Å². The van der Waals surface area contributed by atoms with Crippen molar-refractivity contribution >= 4 is 29.1 Å². The number of alkyl halides is 1. The van der Waals surface area contributed by atoms with E-state index in [4.69, 9.17) is 27.9 Å². The van der Waals surface area contributed by atoms with Crippen molar-refractivity contribution in [2.45, 2.75) is 19.8 Å². The molecule has 182 valence electrons. The van der Waals surface area contributed by atoms with Crippen LogP contribution in [0.5, 0.6) is 0 Å². The predicted molar refractivity (Wildman–Crippen MR) is 136 cm³/mol. The second kappa shape index (κ2) is 11.7. The molecule has 0 atom stereocenters. The van der Waals surface area contributed by atoms with Gasteiger partial charge in [-0.3, -0.25) is 14.6 Å². The lowest BCUT2D eigenvalue weighted by Gasteiger charge is -2.26. The molecule has 1 fully saturated rings. The van der Waals surface area contributed by atoms with Gasteiger partial charge in [-0.15, -0.1) is 0 Å². The Balaban J connectivity index is 1.72. The summed E-state index contributed by atoms with van der Waals surface area (Å²) in [5, 5.41) is 7.41. The van der Waals surface area contributed by atoms with Crippen molar-refractivity contribution in [2.75, 3.05) is 33.0 Å². The second-order valence-corrected chi connectivity index (χ2v) is 8.89. The molecule has 0 radical (unpaired) electrons. The third kappa shape index (κ3) is 6.03. The number of rotatable bonds is 6. The number of morpholine rings is 1. The SMILES string of the molecule is Cc1c(C(=O)NN2CCOCC2)nn(-c2ccc(Cl)cc2Cl)c1-c1ccc(C#CCCCF)cc1. The van der Waals surface area contributed by atoms with Gasteiger partial charge in [-0.05, 0) is 43.7 Å². The van der Waals surface area contributed by atoms with Crippen LogP contribution in [-0.2, 0) is 4.74 Å². The maximum Gasteiger partial charge on any atom is 0.286 e. The lowest BCUT2D eigenvalue weighted by Crippen LogP contribution is -2.48. The average Bonchev–Trinajstić information content (AvgIpc) is 3.19. The minimum Gasteiger partial charge on any atom is -0.379 e. The first kappa shape index (κ1) is 25.2. The summed E-state index contributed by atoms with van der Waals surface area (Å²) < 4.78 is 19.3. The number of unbranched alkanes of at least 4 members (excludes halogenated alkanes) is 1. The number of carbonyl (C=O) groups is 1. The number of hydrogen-bond donors (Lipinski definition) is 1. The van der Waals surface area contributed by atoms with Gasteiger partial charge in [-0.1, -0.05) is 47.2 Å². The number of nitrogens with zero attached hydrogens (tertiary/aromatic N) is 3. The summed E-state index contributed by atoms with van der Waals surface area (Å²) in [4.78, 5) is 13.2. The maximum absolute atomic E-state index is 13.2. The number of carbonyl (C=O) groups excluding carboxylic acids is 1. The van der Waals surface area contributed by atoms with Crippen molar-refractivity contribution in [1.82, 2.24) is 20.2 Å². The van der Waals surface area contributed by atoms with Gasteiger partial charge in [0.25, 0.3) is 5.91 Å². The topological polar surface area (TPSA) is 59.4 Å². The highest BCUT2D eigenvalue weighted by molar-refractivity contribution is 6.35. The summed E-state index contributed by atoms with van der Waals surface area (Å²) in [7, 11) is 0. The molecule has 1 aromatic heterocycles. The van der Waals surface area contributed by atoms with Crippen LogP contribution in [0.25, 0.3) is 16.9 Å². The van der Waals surface area contributed by atoms with Gasteiger partial charge in [0.05, 0.1) is 36.3 Å². The Bertz CT molecular complexity index is 1260. The molecule has 1 saturated heterocycles. The molecule has 1 amide bonds. The van der Waals surface area contributed by atoms with Crippen molar-refractivity contribution in [3.63, 3.8) is 0 Å². The zero-order chi connectivity index (χ0) is 24.8. The summed E-state index contributed by atoms with van der Waals surface area (Å²) in [5.74, 6) is 5.72. The minimum atomic E-state index is -0.369. The van der Waals surface area contributed by atoms with E-state index in [0.29, 0.717) is 66.1 Å². The van der Waals surface area contributed by atoms with E-state index >= 15 is 0 Å². The van der Waals surface area contributed by atoms with Gasteiger partial charge in [0, 0.05) is 41.2 Å². The van der Waals surface area contributed by atoms with Crippen LogP contribution >= 0.6 is 23.2 Å². The van der Waals surface area contributed by atoms with Crippen LogP contribution in [0, 0.1) is 18.8 Å². The lowest BCUT2D eigenvalue weighted by atomic mass is 10.0. The summed E-state index contributed by atoms with van der Waals surface area (Å²) in [5.41, 5.74) is 6.95. The Kier molecular flexibility index (Phi) is 8.42. The number of amides is 1. The quantitative estimate of drug-likeness (QED) is 0.361. The highest BCUT2D eigenvalue weighted by Crippen LogP contribution is 2.32. The van der Waals surface area contributed by atoms with Crippen molar-refractivity contribution < 1.29 is 13.9 Å². The highest BCUT2D eigenvalue weighted by Gasteiger charge is 2.25. The molecule has 1 N–H and O–H groups in total. The molecule has 0 unspecified atom stereocenters. The fourth-order valence-electron chi connectivity index (χ4n) is 3.78. The molecule has 0 aliphatic carbocycles. The molecule has 2 heterocycles. The van der Waals surface area contributed by atoms with E-state index < -0.39 is 0 Å². The number of hydrogen-bond acceptors (Lipinski definition) is 4. The van der Waals surface area contributed by atoms with Crippen LogP contribution < -0.4 is 5.43 Å². The van der Waals surface area contributed by atoms with Gasteiger partial charge < -0.3 is 4.74 Å². The first-order valence-electron chi connectivity index (χ1n) is 11.3. The number of nitrogens with one attached hydrogen (secondary N) is 1. The molecule has 0 spiro atoms. The Morgan fingerprint density at radius 1 is 1.17 bits per heavy atom. The van der Waals surface area contributed by atoms with Gasteiger partial charge in [0.2, 0.25) is 0 Å². The Morgan fingerprint density at radius 2 is 1.91 bits per heavy atom. The van der Waals surface area contributed by atoms with Crippen molar-refractivity contribution in [3.05, 3.63) is 69.3 Å². The monoisotopic (exact) mass is 514 g/mol. The van der Waals surface area contributed by atoms with Gasteiger partial charge in [-0.25, -0.2) is 9.69 Å². The smallest absolute Gasteiger partial charge is 0.286 e. The standard InChI is InChI=1S/C26H25Cl2FN4O2/c1-18-24(26(34)31-32-13-15-35-16-14-32)30-33(23-11-10-21(27)17-22(23)28)25(18)20-8-6-19(7-9-20)5-3-2-4-12-29/h6-11,17H,2,4,12-16H2,1H3,(H,31,34). The molecule has 6 nitrogen and oxygen atoms in total. The summed E-state index contributed by atoms with van der Waals surface area (Å²) in [6.07, 6.45) is 0.946. The minimum absolute atomic E-state index is 0.299. The van der Waals surface area contributed by atoms with E-state index in [0.717, 1.165) is 16.8 Å². The van der Waals surface area contributed by atoms with Crippen LogP contribution in [0.4, 0.5) is 4.39 Å². The van der Waals surface area contributed by atoms with E-state index in [1.165, 1.54) is 0 Å². The van der Waals surface area contributed by atoms with Crippen molar-refractivity contribution in [1.29, 1.82) is 0 Å². The summed E-state index contributed by atoms with van der Waals surface area (Å²) >= 11 is 12.6. The van der Waals surface area contributed by atoms with E-state index in [2.05, 4.69) is 22.4 Å². The van der Waals surface area contributed by atoms with Crippen LogP contribution in [0.1, 0.15) is 34.5 Å². The van der Waals surface area contributed by atoms with E-state index in [1.807, 2.05) is 36.2 Å². The van der Waals surface area contributed by atoms with Crippen LogP contribution in [-0.4, -0.2) is 53.7 Å². The summed E-state index contributed by atoms with van der Waals surface area (Å²) in [6.45, 7) is 3.82. The number of benzene rings is 2. The largest absolute Gasteiger partial charge is 0.379 e. The molecule has 1 aliphatic rings. The second-order valence-electron chi connectivity index (χ2n) is 8.04. The molecule has 9 heteroatoms. The van der Waals surface area contributed by atoms with Crippen LogP contribution in [0.3, 0.4) is 0 Å². The average molecular weight is 515 g/mol. The van der Waals surface area contributed by atoms with E-state index in [9.17, 15) is 9.18 Å². The Hall–Kier alpha value is -2.89. The van der Waals surface area contributed by atoms with Crippen LogP contribution in [0.2, 0.25) is 10.0 Å². The van der Waals surface area contributed by atoms with E-state index in [1.54, 1.807) is 22.9 Å². The number of hydrazine groups is 1. The number of halogens is 3. The number of ether oxygens (including phenoxy) is 1. The Morgan fingerprint density at radius 3 is 2.60 bits per heavy atom. The predicted octanol–water partition coefficient (Wildman–Crippen LogP) is 5.23. The van der Waals surface area contributed by atoms with Crippen molar-refractivity contribution in [3.8, 4) is 28.8 Å². The van der Waals surface area contributed by atoms with E-state index in [-0.39, 0.29) is 12.6 Å². The molecule has 4 rings (SSSR count). The molecule has 0 saturated carbocycles. The summed E-state index contributed by atoms with van der Waals surface area (Å²) in [6, 6.07) is 12.8. The fourth-order valence-corrected chi connectivity index (χ4v) is 4.27. The maximum atomic E-state index is 13.2. The first-order valence-corrected chi connectivity index (χ1v) is 12.1. The molecule has 3 aromatic rings. The van der Waals surface area contributed by atoms with Gasteiger partial charge in [0.1, 0.15) is 0 Å². The molecular formula is C26H25Cl2FN4O2. The van der Waals surface area contributed by atoms with Gasteiger partial charge in [-0.2, -0.15) is 5.10 Å². The highest BCUT2D eigenvalue weighted by atomic mass is 35.5. The molecule has 2 aromatic carbocycles. The lowest BCUT2D eigenvalue weighted by molar-refractivity contribution is 0.0124. The van der Waals surface area contributed by atoms with Crippen LogP contribution in [0.15, 0.2) is 42.5 Å². The fraction of sp³-hybridized carbons (Fsp3) is 0.308. The normalized spacial score (nSPS) is 13.8. The Labute approximate surface area is 213 Å². The first-order chi connectivity index (χ1) is 17.0. The number of aromatic nitrogens is 2. The zero-order valence-electron chi connectivity index (χ0n) is 19.3. The zero-order valence-corrected chi connectivity index (χ0v) is 20.8. The third-order valence-electron chi connectivity index (χ3n) is 5.57. The third-order valence-corrected chi connectivity index (χ3v) is 6.11. The molecule has 0 bridgehead atoms.